The molecule has 1 atom stereocenters. The van der Waals surface area contributed by atoms with Crippen molar-refractivity contribution in [1.82, 2.24) is 15.1 Å². The van der Waals surface area contributed by atoms with Gasteiger partial charge in [-0.15, -0.1) is 10.2 Å². The van der Waals surface area contributed by atoms with Crippen molar-refractivity contribution in [3.63, 3.8) is 0 Å². The van der Waals surface area contributed by atoms with Crippen molar-refractivity contribution in [3.05, 3.63) is 42.0 Å². The highest BCUT2D eigenvalue weighted by Gasteiger charge is 2.27. The van der Waals surface area contributed by atoms with Gasteiger partial charge in [-0.3, -0.25) is 4.79 Å². The minimum atomic E-state index is -0.0124. The zero-order valence-corrected chi connectivity index (χ0v) is 13.4. The van der Waals surface area contributed by atoms with E-state index < -0.39 is 0 Å². The number of hydrogen-bond donors (Lipinski definition) is 1. The van der Waals surface area contributed by atoms with Crippen molar-refractivity contribution in [1.29, 1.82) is 0 Å². The van der Waals surface area contributed by atoms with Crippen LogP contribution in [-0.4, -0.2) is 33.6 Å². The Labute approximate surface area is 135 Å². The Kier molecular flexibility index (Phi) is 4.90. The number of nitrogens with zero attached hydrogens (tertiary/aromatic N) is 3. The third kappa shape index (κ3) is 3.70. The second kappa shape index (κ2) is 7.26. The van der Waals surface area contributed by atoms with E-state index in [0.29, 0.717) is 24.1 Å². The molecule has 3 heterocycles. The minimum Gasteiger partial charge on any atom is -0.467 e. The van der Waals surface area contributed by atoms with Crippen LogP contribution in [0, 0.1) is 0 Å². The molecule has 1 aliphatic heterocycles. The topological polar surface area (TPSA) is 71.3 Å². The molecule has 1 unspecified atom stereocenters. The summed E-state index contributed by atoms with van der Waals surface area (Å²) in [4.78, 5) is 14.6. The van der Waals surface area contributed by atoms with Gasteiger partial charge in [0, 0.05) is 12.6 Å². The van der Waals surface area contributed by atoms with Gasteiger partial charge in [0.1, 0.15) is 11.6 Å². The van der Waals surface area contributed by atoms with Crippen LogP contribution in [0.5, 0.6) is 0 Å². The van der Waals surface area contributed by atoms with E-state index in [1.54, 1.807) is 18.4 Å². The van der Waals surface area contributed by atoms with Crippen LogP contribution >= 0.6 is 0 Å². The first-order valence-electron chi connectivity index (χ1n) is 8.19. The van der Waals surface area contributed by atoms with E-state index in [-0.39, 0.29) is 5.91 Å². The standard InChI is InChI=1S/C17H22N4O2/c1-2-13-6-3-4-10-21(13)17(22)15-8-9-16(20-19-15)18-12-14-7-5-11-23-14/h5,7-9,11,13H,2-4,6,10,12H2,1H3,(H,18,20). The fourth-order valence-electron chi connectivity index (χ4n) is 2.97. The summed E-state index contributed by atoms with van der Waals surface area (Å²) >= 11 is 0. The number of furan rings is 1. The average Bonchev–Trinajstić information content (AvgIpc) is 3.13. The fourth-order valence-corrected chi connectivity index (χ4v) is 2.97. The highest BCUT2D eigenvalue weighted by molar-refractivity contribution is 5.92. The second-order valence-corrected chi connectivity index (χ2v) is 5.79. The van der Waals surface area contributed by atoms with Gasteiger partial charge in [-0.1, -0.05) is 6.92 Å². The van der Waals surface area contributed by atoms with Crippen molar-refractivity contribution < 1.29 is 9.21 Å². The van der Waals surface area contributed by atoms with Crippen molar-refractivity contribution in [3.8, 4) is 0 Å². The highest BCUT2D eigenvalue weighted by Crippen LogP contribution is 2.21. The van der Waals surface area contributed by atoms with E-state index >= 15 is 0 Å². The fraction of sp³-hybridized carbons (Fsp3) is 0.471. The normalized spacial score (nSPS) is 18.0. The molecule has 0 aliphatic carbocycles. The first-order valence-corrected chi connectivity index (χ1v) is 8.19. The molecule has 6 heteroatoms. The predicted octanol–water partition coefficient (Wildman–Crippen LogP) is 3.09. The summed E-state index contributed by atoms with van der Waals surface area (Å²) < 4.78 is 5.25. The molecule has 122 valence electrons. The number of nitrogens with one attached hydrogen (secondary N) is 1. The summed E-state index contributed by atoms with van der Waals surface area (Å²) in [5.41, 5.74) is 0.411. The Morgan fingerprint density at radius 2 is 2.26 bits per heavy atom. The van der Waals surface area contributed by atoms with Crippen LogP contribution in [0.4, 0.5) is 5.82 Å². The van der Waals surface area contributed by atoms with E-state index in [2.05, 4.69) is 22.4 Å². The van der Waals surface area contributed by atoms with E-state index in [4.69, 9.17) is 4.42 Å². The number of aromatic nitrogens is 2. The Morgan fingerprint density at radius 3 is 2.96 bits per heavy atom. The average molecular weight is 314 g/mol. The largest absolute Gasteiger partial charge is 0.467 e. The number of likely N-dealkylation sites (tertiary alicyclic amines) is 1. The van der Waals surface area contributed by atoms with Crippen LogP contribution in [0.3, 0.4) is 0 Å². The van der Waals surface area contributed by atoms with Crippen LogP contribution in [0.25, 0.3) is 0 Å². The molecule has 0 spiro atoms. The molecule has 23 heavy (non-hydrogen) atoms. The number of piperidine rings is 1. The highest BCUT2D eigenvalue weighted by atomic mass is 16.3. The zero-order valence-electron chi connectivity index (χ0n) is 13.4. The Bertz CT molecular complexity index is 625. The van der Waals surface area contributed by atoms with Gasteiger partial charge < -0.3 is 14.6 Å². The van der Waals surface area contributed by atoms with E-state index in [9.17, 15) is 4.79 Å². The van der Waals surface area contributed by atoms with Crippen LogP contribution < -0.4 is 5.32 Å². The van der Waals surface area contributed by atoms with Crippen molar-refractivity contribution in [2.45, 2.75) is 45.2 Å². The van der Waals surface area contributed by atoms with E-state index in [1.807, 2.05) is 17.0 Å². The molecule has 1 amide bonds. The Hall–Kier alpha value is -2.37. The molecule has 2 aromatic heterocycles. The maximum Gasteiger partial charge on any atom is 0.274 e. The summed E-state index contributed by atoms with van der Waals surface area (Å²) in [6.45, 7) is 3.49. The molecule has 1 fully saturated rings. The third-order valence-corrected chi connectivity index (χ3v) is 4.27. The van der Waals surface area contributed by atoms with Gasteiger partial charge in [-0.2, -0.15) is 0 Å². The van der Waals surface area contributed by atoms with E-state index in [0.717, 1.165) is 31.6 Å². The van der Waals surface area contributed by atoms with Crippen LogP contribution in [0.15, 0.2) is 34.9 Å². The molecular weight excluding hydrogens is 292 g/mol. The Balaban J connectivity index is 1.62. The summed E-state index contributed by atoms with van der Waals surface area (Å²) in [6.07, 6.45) is 5.97. The Morgan fingerprint density at radius 1 is 1.35 bits per heavy atom. The number of carbonyl (C=O) groups excluding carboxylic acids is 1. The van der Waals surface area contributed by atoms with Crippen LogP contribution in [-0.2, 0) is 6.54 Å². The van der Waals surface area contributed by atoms with Crippen molar-refractivity contribution >= 4 is 11.7 Å². The van der Waals surface area contributed by atoms with E-state index in [1.165, 1.54) is 6.42 Å². The van der Waals surface area contributed by atoms with Gasteiger partial charge in [0.05, 0.1) is 12.8 Å². The summed E-state index contributed by atoms with van der Waals surface area (Å²) in [7, 11) is 0. The molecule has 6 nitrogen and oxygen atoms in total. The SMILES string of the molecule is CCC1CCCCN1C(=O)c1ccc(NCc2ccco2)nn1. The molecule has 1 aliphatic rings. The lowest BCUT2D eigenvalue weighted by atomic mass is 9.99. The first kappa shape index (κ1) is 15.5. The molecule has 1 N–H and O–H groups in total. The molecule has 1 saturated heterocycles. The second-order valence-electron chi connectivity index (χ2n) is 5.79. The number of rotatable bonds is 5. The molecular formula is C17H22N4O2. The van der Waals surface area contributed by atoms with Gasteiger partial charge in [-0.25, -0.2) is 0 Å². The first-order chi connectivity index (χ1) is 11.3. The van der Waals surface area contributed by atoms with Crippen molar-refractivity contribution in [2.75, 3.05) is 11.9 Å². The summed E-state index contributed by atoms with van der Waals surface area (Å²) in [5.74, 6) is 1.44. The number of anilines is 1. The number of hydrogen-bond acceptors (Lipinski definition) is 5. The van der Waals surface area contributed by atoms with Crippen LogP contribution in [0.1, 0.15) is 48.9 Å². The molecule has 0 bridgehead atoms. The maximum absolute atomic E-state index is 12.6. The molecule has 2 aromatic rings. The number of amides is 1. The van der Waals surface area contributed by atoms with Gasteiger partial charge in [0.25, 0.3) is 5.91 Å². The molecule has 3 rings (SSSR count). The van der Waals surface area contributed by atoms with Crippen LogP contribution in [0.2, 0.25) is 0 Å². The van der Waals surface area contributed by atoms with Gasteiger partial charge in [-0.05, 0) is 49.9 Å². The lowest BCUT2D eigenvalue weighted by Gasteiger charge is -2.34. The lowest BCUT2D eigenvalue weighted by Crippen LogP contribution is -2.43. The minimum absolute atomic E-state index is 0.0124. The quantitative estimate of drug-likeness (QED) is 0.918. The molecule has 0 saturated carbocycles. The summed E-state index contributed by atoms with van der Waals surface area (Å²) in [6, 6.07) is 7.58. The number of carbonyl (C=O) groups is 1. The lowest BCUT2D eigenvalue weighted by molar-refractivity contribution is 0.0601. The molecule has 0 aromatic carbocycles. The van der Waals surface area contributed by atoms with Crippen molar-refractivity contribution in [2.24, 2.45) is 0 Å². The predicted molar refractivity (Wildman–Crippen MR) is 87.0 cm³/mol. The summed E-state index contributed by atoms with van der Waals surface area (Å²) in [5, 5.41) is 11.3. The third-order valence-electron chi connectivity index (χ3n) is 4.27. The van der Waals surface area contributed by atoms with Gasteiger partial charge in [0.15, 0.2) is 5.69 Å². The zero-order chi connectivity index (χ0) is 16.1. The maximum atomic E-state index is 12.6. The smallest absolute Gasteiger partial charge is 0.274 e. The van der Waals surface area contributed by atoms with Gasteiger partial charge >= 0.3 is 0 Å². The van der Waals surface area contributed by atoms with Gasteiger partial charge in [0.2, 0.25) is 0 Å². The molecule has 0 radical (unpaired) electrons. The monoisotopic (exact) mass is 314 g/mol.